The van der Waals surface area contributed by atoms with Gasteiger partial charge in [0.15, 0.2) is 0 Å². The van der Waals surface area contributed by atoms with Crippen LogP contribution in [-0.4, -0.2) is 16.4 Å². The van der Waals surface area contributed by atoms with Gasteiger partial charge in [0.05, 0.1) is 33.5 Å². The van der Waals surface area contributed by atoms with Gasteiger partial charge in [0, 0.05) is 21.9 Å². The summed E-state index contributed by atoms with van der Waals surface area (Å²) in [4.78, 5) is 30.3. The van der Waals surface area contributed by atoms with Gasteiger partial charge in [0.2, 0.25) is 0 Å². The van der Waals surface area contributed by atoms with Gasteiger partial charge < -0.3 is 4.57 Å². The highest BCUT2D eigenvalue weighted by atomic mass is 16.2. The number of aromatic nitrogens is 1. The zero-order valence-corrected chi connectivity index (χ0v) is 34.6. The van der Waals surface area contributed by atoms with Crippen molar-refractivity contribution in [2.24, 2.45) is 0 Å². The third-order valence-electron chi connectivity index (χ3n) is 10.5. The minimum absolute atomic E-state index is 0.320. The van der Waals surface area contributed by atoms with Crippen LogP contribution >= 0.6 is 0 Å². The number of aryl methyl sites for hydroxylation is 4. The number of rotatable bonds is 6. The molecule has 0 aliphatic carbocycles. The van der Waals surface area contributed by atoms with Gasteiger partial charge in [-0.05, 0) is 80.6 Å². The Morgan fingerprint density at radius 1 is 0.500 bits per heavy atom. The summed E-state index contributed by atoms with van der Waals surface area (Å²) in [5.41, 5.74) is 15.2. The molecule has 4 nitrogen and oxygen atoms in total. The number of para-hydroxylation sites is 2. The van der Waals surface area contributed by atoms with Crippen LogP contribution in [-0.2, 0) is 0 Å². The number of allylic oxidation sites excluding steroid dienone is 1. The van der Waals surface area contributed by atoms with E-state index in [4.69, 9.17) is 0 Å². The maximum atomic E-state index is 14.7. The van der Waals surface area contributed by atoms with E-state index in [0.717, 1.165) is 61.6 Å². The fraction of sp³-hybridized carbons (Fsp3) is 0.148. The van der Waals surface area contributed by atoms with Gasteiger partial charge >= 0.3 is 0 Å². The lowest BCUT2D eigenvalue weighted by atomic mass is 9.97. The topological polar surface area (TPSA) is 42.3 Å². The van der Waals surface area contributed by atoms with Crippen LogP contribution in [0, 0.1) is 27.7 Å². The Morgan fingerprint density at radius 2 is 0.948 bits per heavy atom. The second-order valence-corrected chi connectivity index (χ2v) is 14.7. The van der Waals surface area contributed by atoms with Crippen molar-refractivity contribution in [3.63, 3.8) is 0 Å². The molecule has 9 rings (SSSR count). The van der Waals surface area contributed by atoms with E-state index in [0.29, 0.717) is 22.5 Å². The molecule has 2 heterocycles. The van der Waals surface area contributed by atoms with Crippen LogP contribution in [0.3, 0.4) is 0 Å². The van der Waals surface area contributed by atoms with E-state index in [-0.39, 0.29) is 11.8 Å². The minimum atomic E-state index is -0.328. The summed E-state index contributed by atoms with van der Waals surface area (Å²) >= 11 is 0. The van der Waals surface area contributed by atoms with Crippen LogP contribution in [0.2, 0.25) is 0 Å². The summed E-state index contributed by atoms with van der Waals surface area (Å²) in [6.45, 7) is 18.0. The number of carbonyl (C=O) groups excluding carboxylic acids is 2. The summed E-state index contributed by atoms with van der Waals surface area (Å²) in [5.74, 6) is -0.648. The molecular weight excluding hydrogens is 709 g/mol. The SMILES string of the molecule is C=CCC.CC.Cc1cc(C)cc(-c2cccc3c4cccc(-c5cc(C)cc(C)c5)c4n(-c4cccc5c4C(=O)N(c4ccc(-c6ccccc6)cc4)C5=O)c23)c1. The van der Waals surface area contributed by atoms with Crippen LogP contribution in [0.4, 0.5) is 5.69 Å². The largest absolute Gasteiger partial charge is 0.307 e. The van der Waals surface area contributed by atoms with Crippen molar-refractivity contribution in [2.45, 2.75) is 54.9 Å². The predicted molar refractivity (Wildman–Crippen MR) is 245 cm³/mol. The zero-order chi connectivity index (χ0) is 41.1. The summed E-state index contributed by atoms with van der Waals surface area (Å²) in [7, 11) is 0. The van der Waals surface area contributed by atoms with Gasteiger partial charge in [-0.15, -0.1) is 6.58 Å². The number of carbonyl (C=O) groups is 2. The molecule has 0 unspecified atom stereocenters. The number of anilines is 1. The highest BCUT2D eigenvalue weighted by molar-refractivity contribution is 6.36. The molecular formula is C54H50N2O2. The average molecular weight is 759 g/mol. The molecule has 0 spiro atoms. The van der Waals surface area contributed by atoms with Crippen LogP contribution < -0.4 is 4.90 Å². The van der Waals surface area contributed by atoms with Crippen molar-refractivity contribution in [3.8, 4) is 39.1 Å². The quantitative estimate of drug-likeness (QED) is 0.125. The van der Waals surface area contributed by atoms with Crippen molar-refractivity contribution in [2.75, 3.05) is 4.90 Å². The van der Waals surface area contributed by atoms with Crippen molar-refractivity contribution >= 4 is 39.3 Å². The lowest BCUT2D eigenvalue weighted by Crippen LogP contribution is -2.29. The van der Waals surface area contributed by atoms with Gasteiger partial charge in [-0.2, -0.15) is 0 Å². The van der Waals surface area contributed by atoms with Crippen LogP contribution in [0.15, 0.2) is 158 Å². The normalized spacial score (nSPS) is 11.9. The van der Waals surface area contributed by atoms with Gasteiger partial charge in [0.25, 0.3) is 11.8 Å². The minimum Gasteiger partial charge on any atom is -0.307 e. The Balaban J connectivity index is 0.000000806. The van der Waals surface area contributed by atoms with E-state index in [1.807, 2.05) is 86.7 Å². The van der Waals surface area contributed by atoms with Crippen LogP contribution in [0.1, 0.15) is 70.2 Å². The maximum absolute atomic E-state index is 14.7. The summed E-state index contributed by atoms with van der Waals surface area (Å²) in [6, 6.07) is 49.6. The molecule has 0 saturated heterocycles. The number of hydrogen-bond acceptors (Lipinski definition) is 2. The Kier molecular flexibility index (Phi) is 11.4. The summed E-state index contributed by atoms with van der Waals surface area (Å²) in [6.07, 6.45) is 2.96. The third kappa shape index (κ3) is 7.18. The van der Waals surface area contributed by atoms with E-state index in [2.05, 4.69) is 119 Å². The molecule has 288 valence electrons. The molecule has 2 amide bonds. The van der Waals surface area contributed by atoms with Gasteiger partial charge in [-0.1, -0.05) is 170 Å². The smallest absolute Gasteiger partial charge is 0.268 e. The van der Waals surface area contributed by atoms with Gasteiger partial charge in [-0.3, -0.25) is 9.59 Å². The summed E-state index contributed by atoms with van der Waals surface area (Å²) < 4.78 is 2.25. The molecule has 1 aliphatic heterocycles. The molecule has 0 N–H and O–H groups in total. The molecule has 0 saturated carbocycles. The van der Waals surface area contributed by atoms with E-state index < -0.39 is 0 Å². The van der Waals surface area contributed by atoms with E-state index >= 15 is 0 Å². The highest BCUT2D eigenvalue weighted by Gasteiger charge is 2.39. The van der Waals surface area contributed by atoms with Gasteiger partial charge in [-0.25, -0.2) is 4.90 Å². The average Bonchev–Trinajstić information content (AvgIpc) is 3.72. The third-order valence-corrected chi connectivity index (χ3v) is 10.5. The van der Waals surface area contributed by atoms with Crippen molar-refractivity contribution in [3.05, 3.63) is 192 Å². The molecule has 58 heavy (non-hydrogen) atoms. The second kappa shape index (κ2) is 16.8. The Hall–Kier alpha value is -6.78. The first-order chi connectivity index (χ1) is 28.2. The Labute approximate surface area is 342 Å². The Bertz CT molecular complexity index is 2680. The second-order valence-electron chi connectivity index (χ2n) is 14.7. The highest BCUT2D eigenvalue weighted by Crippen LogP contribution is 2.44. The number of fused-ring (bicyclic) bond motifs is 4. The van der Waals surface area contributed by atoms with Crippen LogP contribution in [0.5, 0.6) is 0 Å². The molecule has 0 bridgehead atoms. The number of benzene rings is 7. The monoisotopic (exact) mass is 758 g/mol. The molecule has 1 aliphatic rings. The van der Waals surface area contributed by atoms with Gasteiger partial charge in [0.1, 0.15) is 0 Å². The molecule has 0 radical (unpaired) electrons. The Morgan fingerprint density at radius 3 is 1.43 bits per heavy atom. The number of amides is 2. The summed E-state index contributed by atoms with van der Waals surface area (Å²) in [5, 5.41) is 2.17. The van der Waals surface area contributed by atoms with Crippen molar-refractivity contribution in [1.29, 1.82) is 0 Å². The first-order valence-electron chi connectivity index (χ1n) is 20.2. The first-order valence-corrected chi connectivity index (χ1v) is 20.2. The molecule has 8 aromatic rings. The molecule has 0 fully saturated rings. The molecule has 4 heteroatoms. The van der Waals surface area contributed by atoms with E-state index in [9.17, 15) is 9.59 Å². The fourth-order valence-electron chi connectivity index (χ4n) is 8.20. The maximum Gasteiger partial charge on any atom is 0.268 e. The van der Waals surface area contributed by atoms with Crippen molar-refractivity contribution < 1.29 is 9.59 Å². The molecule has 1 aromatic heterocycles. The number of hydrogen-bond donors (Lipinski definition) is 0. The number of nitrogens with zero attached hydrogens (tertiary/aromatic N) is 2. The van der Waals surface area contributed by atoms with Crippen LogP contribution in [0.25, 0.3) is 60.9 Å². The fourth-order valence-corrected chi connectivity index (χ4v) is 8.20. The number of imide groups is 1. The van der Waals surface area contributed by atoms with E-state index in [1.165, 1.54) is 27.2 Å². The van der Waals surface area contributed by atoms with Crippen molar-refractivity contribution in [1.82, 2.24) is 4.57 Å². The molecule has 0 atom stereocenters. The lowest BCUT2D eigenvalue weighted by Gasteiger charge is -2.17. The molecule has 7 aromatic carbocycles. The standard InChI is InChI=1S/C48H36N2O2.C4H8.C2H6/c1-29-23-30(2)26-35(25-29)38-13-8-15-40-41-16-9-14-39(36-27-31(3)24-32(4)28-36)46(41)50(45(38)40)43-18-10-17-42-44(43)48(52)49(47(42)51)37-21-19-34(20-22-37)33-11-6-5-7-12-33;1-3-4-2;1-2/h5-28H,1-4H3;3H,1,4H2,2H3;1-2H3. The lowest BCUT2D eigenvalue weighted by molar-refractivity contribution is 0.0926. The zero-order valence-electron chi connectivity index (χ0n) is 34.6. The predicted octanol–water partition coefficient (Wildman–Crippen LogP) is 14.4. The van der Waals surface area contributed by atoms with E-state index in [1.54, 1.807) is 6.07 Å². The first kappa shape index (κ1) is 39.5.